The first kappa shape index (κ1) is 13.1. The van der Waals surface area contributed by atoms with E-state index in [4.69, 9.17) is 0 Å². The van der Waals surface area contributed by atoms with Crippen molar-refractivity contribution in [3.05, 3.63) is 35.5 Å². The maximum absolute atomic E-state index is 11.4. The molecule has 2 aromatic rings. The van der Waals surface area contributed by atoms with Gasteiger partial charge >= 0.3 is 0 Å². The number of hydrogen-bond acceptors (Lipinski definition) is 2. The van der Waals surface area contributed by atoms with E-state index in [1.165, 1.54) is 28.4 Å². The Morgan fingerprint density at radius 2 is 2.19 bits per heavy atom. The molecule has 0 bridgehead atoms. The van der Waals surface area contributed by atoms with Crippen LogP contribution >= 0.6 is 0 Å². The Balaban J connectivity index is 1.81. The predicted octanol–water partition coefficient (Wildman–Crippen LogP) is 3.45. The molecule has 1 aromatic carbocycles. The van der Waals surface area contributed by atoms with Crippen LogP contribution in [0.25, 0.3) is 10.9 Å². The number of aldehydes is 1. The number of fused-ring (bicyclic) bond motifs is 5. The average molecular weight is 282 g/mol. The zero-order valence-electron chi connectivity index (χ0n) is 12.5. The highest BCUT2D eigenvalue weighted by atomic mass is 16.1. The van der Waals surface area contributed by atoms with Crippen molar-refractivity contribution in [2.75, 3.05) is 6.54 Å². The van der Waals surface area contributed by atoms with E-state index in [9.17, 15) is 4.79 Å². The largest absolute Gasteiger partial charge is 0.357 e. The third-order valence-electron chi connectivity index (χ3n) is 5.43. The summed E-state index contributed by atoms with van der Waals surface area (Å²) in [6, 6.07) is 9.54. The Bertz CT molecular complexity index is 675. The van der Waals surface area contributed by atoms with Crippen LogP contribution in [0.15, 0.2) is 24.3 Å². The summed E-state index contributed by atoms with van der Waals surface area (Å²) in [5, 5.41) is 1.37. The van der Waals surface area contributed by atoms with E-state index in [2.05, 4.69) is 41.1 Å². The molecule has 3 atom stereocenters. The molecule has 110 valence electrons. The molecule has 2 aliphatic rings. The van der Waals surface area contributed by atoms with Gasteiger partial charge in [0.25, 0.3) is 0 Å². The highest BCUT2D eigenvalue weighted by Crippen LogP contribution is 2.43. The Labute approximate surface area is 125 Å². The van der Waals surface area contributed by atoms with Crippen molar-refractivity contribution in [3.63, 3.8) is 0 Å². The number of nitrogens with one attached hydrogen (secondary N) is 1. The van der Waals surface area contributed by atoms with Gasteiger partial charge in [-0.2, -0.15) is 0 Å². The number of H-pyrrole nitrogens is 1. The molecule has 1 saturated heterocycles. The lowest BCUT2D eigenvalue weighted by atomic mass is 9.81. The molecular formula is C18H22N2O. The van der Waals surface area contributed by atoms with E-state index in [0.717, 1.165) is 32.2 Å². The Morgan fingerprint density at radius 1 is 1.33 bits per heavy atom. The maximum atomic E-state index is 11.4. The molecule has 0 aliphatic carbocycles. The second-order valence-electron chi connectivity index (χ2n) is 6.50. The van der Waals surface area contributed by atoms with Crippen molar-refractivity contribution in [2.24, 2.45) is 5.92 Å². The van der Waals surface area contributed by atoms with E-state index in [-0.39, 0.29) is 5.92 Å². The zero-order chi connectivity index (χ0) is 14.4. The zero-order valence-corrected chi connectivity index (χ0v) is 12.5. The number of para-hydroxylation sites is 1. The molecule has 0 amide bonds. The van der Waals surface area contributed by atoms with Crippen LogP contribution in [0.4, 0.5) is 0 Å². The van der Waals surface area contributed by atoms with Gasteiger partial charge in [0.2, 0.25) is 0 Å². The van der Waals surface area contributed by atoms with Gasteiger partial charge < -0.3 is 9.78 Å². The van der Waals surface area contributed by atoms with Gasteiger partial charge in [0.15, 0.2) is 0 Å². The Morgan fingerprint density at radius 3 is 3.00 bits per heavy atom. The summed E-state index contributed by atoms with van der Waals surface area (Å²) in [5.74, 6) is 0.216. The number of hydrogen-bond donors (Lipinski definition) is 1. The van der Waals surface area contributed by atoms with Crippen LogP contribution in [0.1, 0.15) is 43.5 Å². The third-order valence-corrected chi connectivity index (χ3v) is 5.43. The quantitative estimate of drug-likeness (QED) is 0.856. The molecule has 3 heterocycles. The molecule has 4 rings (SSSR count). The van der Waals surface area contributed by atoms with Crippen LogP contribution in [0, 0.1) is 5.92 Å². The first-order valence-electron chi connectivity index (χ1n) is 8.12. The van der Waals surface area contributed by atoms with Gasteiger partial charge in [-0.05, 0) is 37.3 Å². The minimum atomic E-state index is 0.216. The van der Waals surface area contributed by atoms with E-state index < -0.39 is 0 Å². The highest BCUT2D eigenvalue weighted by molar-refractivity contribution is 5.85. The summed E-state index contributed by atoms with van der Waals surface area (Å²) in [5.41, 5.74) is 4.09. The second-order valence-corrected chi connectivity index (χ2v) is 6.50. The van der Waals surface area contributed by atoms with Crippen molar-refractivity contribution in [3.8, 4) is 0 Å². The van der Waals surface area contributed by atoms with Gasteiger partial charge in [-0.25, -0.2) is 0 Å². The van der Waals surface area contributed by atoms with Crippen LogP contribution in [-0.2, 0) is 11.2 Å². The van der Waals surface area contributed by atoms with Crippen molar-refractivity contribution in [2.45, 2.75) is 44.7 Å². The van der Waals surface area contributed by atoms with Crippen molar-refractivity contribution >= 4 is 17.2 Å². The molecular weight excluding hydrogens is 260 g/mol. The average Bonchev–Trinajstić information content (AvgIpc) is 2.92. The lowest BCUT2D eigenvalue weighted by Gasteiger charge is -2.46. The maximum Gasteiger partial charge on any atom is 0.123 e. The minimum absolute atomic E-state index is 0.216. The van der Waals surface area contributed by atoms with Crippen molar-refractivity contribution in [1.29, 1.82) is 0 Å². The summed E-state index contributed by atoms with van der Waals surface area (Å²) in [6.07, 6.45) is 5.44. The normalized spacial score (nSPS) is 29.1. The molecule has 2 aliphatic heterocycles. The Hall–Kier alpha value is -1.61. The number of rotatable bonds is 2. The molecule has 0 unspecified atom stereocenters. The number of piperidine rings is 1. The number of carbonyl (C=O) groups excluding carboxylic acids is 1. The lowest BCUT2D eigenvalue weighted by Crippen LogP contribution is -2.48. The summed E-state index contributed by atoms with van der Waals surface area (Å²) in [6.45, 7) is 3.37. The standard InChI is InChI=1S/C18H22N2O/c1-2-13-9-12(11-21)10-17-18-15(7-8-20(13)17)14-5-3-4-6-16(14)19-18/h3-6,11-13,17,19H,2,7-10H2,1H3/t12-,13+,17+/m1/s1. The minimum Gasteiger partial charge on any atom is -0.357 e. The first-order valence-corrected chi connectivity index (χ1v) is 8.12. The molecule has 21 heavy (non-hydrogen) atoms. The van der Waals surface area contributed by atoms with Gasteiger partial charge in [-0.1, -0.05) is 25.1 Å². The fraction of sp³-hybridized carbons (Fsp3) is 0.500. The highest BCUT2D eigenvalue weighted by Gasteiger charge is 2.39. The van der Waals surface area contributed by atoms with Crippen molar-refractivity contribution < 1.29 is 4.79 Å². The topological polar surface area (TPSA) is 36.1 Å². The van der Waals surface area contributed by atoms with Gasteiger partial charge in [-0.15, -0.1) is 0 Å². The van der Waals surface area contributed by atoms with Crippen LogP contribution in [0.2, 0.25) is 0 Å². The summed E-state index contributed by atoms with van der Waals surface area (Å²) >= 11 is 0. The predicted molar refractivity (Wildman–Crippen MR) is 84.3 cm³/mol. The van der Waals surface area contributed by atoms with E-state index in [1.807, 2.05) is 0 Å². The summed E-state index contributed by atoms with van der Waals surface area (Å²) in [4.78, 5) is 17.6. The van der Waals surface area contributed by atoms with E-state index >= 15 is 0 Å². The molecule has 0 radical (unpaired) electrons. The number of aromatic amines is 1. The van der Waals surface area contributed by atoms with E-state index in [1.54, 1.807) is 0 Å². The molecule has 0 spiro atoms. The molecule has 1 fully saturated rings. The third kappa shape index (κ3) is 1.95. The SMILES string of the molecule is CC[C@H]1C[C@@H](C=O)C[C@H]2c3[nH]c4ccccc4c3CCN12. The van der Waals surface area contributed by atoms with E-state index in [0.29, 0.717) is 12.1 Å². The fourth-order valence-electron chi connectivity index (χ4n) is 4.41. The van der Waals surface area contributed by atoms with Crippen LogP contribution < -0.4 is 0 Å². The fourth-order valence-corrected chi connectivity index (χ4v) is 4.41. The molecule has 1 N–H and O–H groups in total. The number of carbonyl (C=O) groups is 1. The lowest BCUT2D eigenvalue weighted by molar-refractivity contribution is -0.114. The van der Waals surface area contributed by atoms with Gasteiger partial charge in [0.1, 0.15) is 6.29 Å². The van der Waals surface area contributed by atoms with Gasteiger partial charge in [0.05, 0.1) is 6.04 Å². The van der Waals surface area contributed by atoms with Crippen LogP contribution in [-0.4, -0.2) is 28.8 Å². The van der Waals surface area contributed by atoms with Gasteiger partial charge in [0, 0.05) is 35.1 Å². The summed E-state index contributed by atoms with van der Waals surface area (Å²) in [7, 11) is 0. The molecule has 3 nitrogen and oxygen atoms in total. The molecule has 1 aromatic heterocycles. The van der Waals surface area contributed by atoms with Crippen LogP contribution in [0.5, 0.6) is 0 Å². The first-order chi connectivity index (χ1) is 10.3. The van der Waals surface area contributed by atoms with Crippen LogP contribution in [0.3, 0.4) is 0 Å². The second kappa shape index (κ2) is 4.99. The number of aromatic nitrogens is 1. The number of benzene rings is 1. The number of nitrogens with zero attached hydrogens (tertiary/aromatic N) is 1. The monoisotopic (exact) mass is 282 g/mol. The van der Waals surface area contributed by atoms with Crippen molar-refractivity contribution in [1.82, 2.24) is 9.88 Å². The van der Waals surface area contributed by atoms with Gasteiger partial charge in [-0.3, -0.25) is 4.90 Å². The smallest absolute Gasteiger partial charge is 0.123 e. The molecule has 3 heteroatoms. The Kier molecular flexibility index (Phi) is 3.11. The summed E-state index contributed by atoms with van der Waals surface area (Å²) < 4.78 is 0. The molecule has 0 saturated carbocycles.